The maximum atomic E-state index is 12.5. The van der Waals surface area contributed by atoms with Crippen molar-refractivity contribution >= 4 is 11.9 Å². The van der Waals surface area contributed by atoms with E-state index in [4.69, 9.17) is 8.83 Å². The van der Waals surface area contributed by atoms with Crippen molar-refractivity contribution in [3.8, 4) is 0 Å². The zero-order valence-electron chi connectivity index (χ0n) is 11.6. The Balaban J connectivity index is 1.84. The van der Waals surface area contributed by atoms with Crippen molar-refractivity contribution < 1.29 is 18.4 Å². The highest BCUT2D eigenvalue weighted by Gasteiger charge is 2.51. The van der Waals surface area contributed by atoms with Crippen LogP contribution in [0.1, 0.15) is 31.4 Å². The monoisotopic (exact) mass is 290 g/mol. The molecule has 1 unspecified atom stereocenters. The van der Waals surface area contributed by atoms with Gasteiger partial charge in [-0.15, -0.1) is 10.2 Å². The van der Waals surface area contributed by atoms with Crippen molar-refractivity contribution in [2.75, 3.05) is 0 Å². The van der Waals surface area contributed by atoms with Gasteiger partial charge in [0.15, 0.2) is 5.54 Å². The summed E-state index contributed by atoms with van der Waals surface area (Å²) in [6.07, 6.45) is 2.05. The Hall–Kier alpha value is -2.64. The second-order valence-corrected chi connectivity index (χ2v) is 4.87. The molecule has 0 aliphatic carbocycles. The Labute approximate surface area is 120 Å². The van der Waals surface area contributed by atoms with Crippen molar-refractivity contribution in [2.24, 2.45) is 0 Å². The molecule has 3 rings (SSSR count). The molecule has 1 fully saturated rings. The van der Waals surface area contributed by atoms with Crippen molar-refractivity contribution in [3.63, 3.8) is 0 Å². The maximum absolute atomic E-state index is 12.5. The van der Waals surface area contributed by atoms with Crippen LogP contribution in [0.3, 0.4) is 0 Å². The summed E-state index contributed by atoms with van der Waals surface area (Å²) in [7, 11) is 0. The van der Waals surface area contributed by atoms with Gasteiger partial charge < -0.3 is 14.2 Å². The number of amides is 3. The van der Waals surface area contributed by atoms with Crippen LogP contribution in [0.4, 0.5) is 4.79 Å². The lowest BCUT2D eigenvalue weighted by atomic mass is 9.99. The van der Waals surface area contributed by atoms with Crippen LogP contribution in [0.5, 0.6) is 0 Å². The number of urea groups is 1. The molecule has 1 saturated heterocycles. The van der Waals surface area contributed by atoms with Crippen LogP contribution in [0.25, 0.3) is 0 Å². The smallest absolute Gasteiger partial charge is 0.325 e. The number of aromatic nitrogens is 2. The van der Waals surface area contributed by atoms with Crippen molar-refractivity contribution in [1.82, 2.24) is 20.4 Å². The Bertz CT molecular complexity index is 678. The van der Waals surface area contributed by atoms with Gasteiger partial charge in [-0.1, -0.05) is 6.92 Å². The number of aryl methyl sites for hydroxylation is 1. The molecule has 8 nitrogen and oxygen atoms in total. The molecule has 1 aliphatic heterocycles. The molecule has 0 spiro atoms. The standard InChI is InChI=1S/C13H14N4O4/c1-3-9-15-16-10(21-9)7-17-11(18)13(2,14-12(17)19)8-5-4-6-20-8/h4-6H,3,7H2,1-2H3,(H,14,19). The molecule has 1 aliphatic rings. The zero-order chi connectivity index (χ0) is 15.0. The van der Waals surface area contributed by atoms with Crippen molar-refractivity contribution in [3.05, 3.63) is 35.9 Å². The molecule has 1 N–H and O–H groups in total. The third-order valence-corrected chi connectivity index (χ3v) is 3.39. The molecule has 2 aromatic heterocycles. The molecule has 2 aromatic rings. The van der Waals surface area contributed by atoms with Gasteiger partial charge in [0.25, 0.3) is 5.91 Å². The lowest BCUT2D eigenvalue weighted by molar-refractivity contribution is -0.132. The van der Waals surface area contributed by atoms with Crippen molar-refractivity contribution in [1.29, 1.82) is 0 Å². The average molecular weight is 290 g/mol. The van der Waals surface area contributed by atoms with Crippen LogP contribution < -0.4 is 5.32 Å². The van der Waals surface area contributed by atoms with Crippen LogP contribution in [-0.2, 0) is 23.3 Å². The van der Waals surface area contributed by atoms with Crippen LogP contribution in [0, 0.1) is 0 Å². The summed E-state index contributed by atoms with van der Waals surface area (Å²) in [6, 6.07) is 2.78. The first-order valence-electron chi connectivity index (χ1n) is 6.54. The topological polar surface area (TPSA) is 101 Å². The van der Waals surface area contributed by atoms with Gasteiger partial charge in [-0.2, -0.15) is 0 Å². The number of carbonyl (C=O) groups excluding carboxylic acids is 2. The fraction of sp³-hybridized carbons (Fsp3) is 0.385. The predicted octanol–water partition coefficient (Wildman–Crippen LogP) is 1.19. The lowest BCUT2D eigenvalue weighted by Crippen LogP contribution is -2.40. The first-order chi connectivity index (χ1) is 10.0. The van der Waals surface area contributed by atoms with E-state index in [-0.39, 0.29) is 12.4 Å². The maximum Gasteiger partial charge on any atom is 0.325 e. The van der Waals surface area contributed by atoms with E-state index in [9.17, 15) is 9.59 Å². The molecular weight excluding hydrogens is 276 g/mol. The summed E-state index contributed by atoms with van der Waals surface area (Å²) in [5, 5.41) is 10.3. The second kappa shape index (κ2) is 4.72. The third kappa shape index (κ3) is 2.08. The third-order valence-electron chi connectivity index (χ3n) is 3.39. The van der Waals surface area contributed by atoms with E-state index in [1.165, 1.54) is 6.26 Å². The predicted molar refractivity (Wildman–Crippen MR) is 68.8 cm³/mol. The fourth-order valence-electron chi connectivity index (χ4n) is 2.20. The van der Waals surface area contributed by atoms with Crippen LogP contribution >= 0.6 is 0 Å². The minimum atomic E-state index is -1.21. The SMILES string of the molecule is CCc1nnc(CN2C(=O)NC(C)(c3ccco3)C2=O)o1. The molecule has 0 saturated carbocycles. The highest BCUT2D eigenvalue weighted by atomic mass is 16.4. The minimum absolute atomic E-state index is 0.0615. The van der Waals surface area contributed by atoms with E-state index in [1.54, 1.807) is 19.1 Å². The number of hydrogen-bond donors (Lipinski definition) is 1. The largest absolute Gasteiger partial charge is 0.466 e. The summed E-state index contributed by atoms with van der Waals surface area (Å²) in [5.41, 5.74) is -1.21. The number of furan rings is 1. The summed E-state index contributed by atoms with van der Waals surface area (Å²) in [4.78, 5) is 25.6. The first kappa shape index (κ1) is 13.3. The van der Waals surface area contributed by atoms with E-state index in [2.05, 4.69) is 15.5 Å². The van der Waals surface area contributed by atoms with Crippen LogP contribution in [-0.4, -0.2) is 27.0 Å². The molecule has 110 valence electrons. The summed E-state index contributed by atoms with van der Waals surface area (Å²) < 4.78 is 10.6. The minimum Gasteiger partial charge on any atom is -0.466 e. The van der Waals surface area contributed by atoms with Gasteiger partial charge in [0.05, 0.1) is 6.26 Å². The summed E-state index contributed by atoms with van der Waals surface area (Å²) in [6.45, 7) is 3.41. The molecule has 8 heteroatoms. The number of carbonyl (C=O) groups is 2. The Morgan fingerprint density at radius 1 is 1.33 bits per heavy atom. The van der Waals surface area contributed by atoms with E-state index < -0.39 is 17.5 Å². The second-order valence-electron chi connectivity index (χ2n) is 4.87. The fourth-order valence-corrected chi connectivity index (χ4v) is 2.20. The molecule has 21 heavy (non-hydrogen) atoms. The number of hydrogen-bond acceptors (Lipinski definition) is 6. The van der Waals surface area contributed by atoms with Crippen LogP contribution in [0.2, 0.25) is 0 Å². The number of nitrogens with one attached hydrogen (secondary N) is 1. The van der Waals surface area contributed by atoms with Gasteiger partial charge >= 0.3 is 6.03 Å². The van der Waals surface area contributed by atoms with Gasteiger partial charge in [-0.05, 0) is 19.1 Å². The molecule has 0 radical (unpaired) electrons. The Morgan fingerprint density at radius 3 is 2.71 bits per heavy atom. The van der Waals surface area contributed by atoms with Gasteiger partial charge in [0.2, 0.25) is 11.8 Å². The van der Waals surface area contributed by atoms with E-state index >= 15 is 0 Å². The lowest BCUT2D eigenvalue weighted by Gasteiger charge is -2.18. The molecule has 0 bridgehead atoms. The van der Waals surface area contributed by atoms with E-state index in [0.29, 0.717) is 18.1 Å². The number of imide groups is 1. The van der Waals surface area contributed by atoms with E-state index in [1.807, 2.05) is 6.92 Å². The van der Waals surface area contributed by atoms with Gasteiger partial charge in [-0.25, -0.2) is 4.79 Å². The Kier molecular flexibility index (Phi) is 3.00. The first-order valence-corrected chi connectivity index (χ1v) is 6.54. The zero-order valence-corrected chi connectivity index (χ0v) is 11.6. The van der Waals surface area contributed by atoms with Gasteiger partial charge in [0, 0.05) is 6.42 Å². The van der Waals surface area contributed by atoms with E-state index in [0.717, 1.165) is 4.90 Å². The van der Waals surface area contributed by atoms with Gasteiger partial charge in [0.1, 0.15) is 12.3 Å². The molecule has 0 aromatic carbocycles. The average Bonchev–Trinajstić information content (AvgIpc) is 3.17. The molecule has 3 heterocycles. The normalized spacial score (nSPS) is 21.9. The highest BCUT2D eigenvalue weighted by molar-refractivity contribution is 6.06. The molecule has 1 atom stereocenters. The Morgan fingerprint density at radius 2 is 2.10 bits per heavy atom. The summed E-state index contributed by atoms with van der Waals surface area (Å²) >= 11 is 0. The number of rotatable bonds is 4. The van der Waals surface area contributed by atoms with Crippen molar-refractivity contribution in [2.45, 2.75) is 32.4 Å². The molecular formula is C13H14N4O4. The highest BCUT2D eigenvalue weighted by Crippen LogP contribution is 2.29. The van der Waals surface area contributed by atoms with Gasteiger partial charge in [-0.3, -0.25) is 9.69 Å². The summed E-state index contributed by atoms with van der Waals surface area (Å²) in [5.74, 6) is 0.645. The molecule has 3 amide bonds. The number of nitrogens with zero attached hydrogens (tertiary/aromatic N) is 3. The quantitative estimate of drug-likeness (QED) is 0.849. The van der Waals surface area contributed by atoms with Crippen LogP contribution in [0.15, 0.2) is 27.2 Å².